The standard InChI is InChI=1S/C10H12N4O4S2/c1-6-4-19-8(10(15)16)9(6)20(17,18)12-3-7-11-5-14(2)13-7/h4-5,12H,3H2,1-2H3,(H,15,16). The first kappa shape index (κ1) is 14.6. The Hall–Kier alpha value is -1.78. The maximum absolute atomic E-state index is 12.2. The second kappa shape index (κ2) is 5.31. The third-order valence-electron chi connectivity index (χ3n) is 2.45. The van der Waals surface area contributed by atoms with Gasteiger partial charge in [0, 0.05) is 7.05 Å². The monoisotopic (exact) mass is 316 g/mol. The summed E-state index contributed by atoms with van der Waals surface area (Å²) < 4.78 is 28.1. The number of hydrogen-bond donors (Lipinski definition) is 2. The van der Waals surface area contributed by atoms with Gasteiger partial charge in [-0.2, -0.15) is 5.10 Å². The van der Waals surface area contributed by atoms with Gasteiger partial charge in [-0.1, -0.05) is 0 Å². The molecule has 0 aromatic carbocycles. The predicted octanol–water partition coefficient (Wildman–Crippen LogP) is 0.362. The molecule has 0 radical (unpaired) electrons. The van der Waals surface area contributed by atoms with Crippen LogP contribution in [0, 0.1) is 6.92 Å². The van der Waals surface area contributed by atoms with Gasteiger partial charge in [0.1, 0.15) is 16.1 Å². The van der Waals surface area contributed by atoms with E-state index in [-0.39, 0.29) is 16.3 Å². The molecule has 2 rings (SSSR count). The Morgan fingerprint density at radius 1 is 1.55 bits per heavy atom. The molecule has 0 saturated heterocycles. The van der Waals surface area contributed by atoms with E-state index in [9.17, 15) is 13.2 Å². The van der Waals surface area contributed by atoms with E-state index in [1.165, 1.54) is 16.4 Å². The van der Waals surface area contributed by atoms with E-state index in [4.69, 9.17) is 5.11 Å². The van der Waals surface area contributed by atoms with Crippen molar-refractivity contribution >= 4 is 27.3 Å². The van der Waals surface area contributed by atoms with Crippen molar-refractivity contribution < 1.29 is 18.3 Å². The summed E-state index contributed by atoms with van der Waals surface area (Å²) >= 11 is 0.883. The van der Waals surface area contributed by atoms with Gasteiger partial charge in [-0.3, -0.25) is 4.68 Å². The van der Waals surface area contributed by atoms with Crippen LogP contribution in [0.5, 0.6) is 0 Å². The highest BCUT2D eigenvalue weighted by atomic mass is 32.2. The number of nitrogens with zero attached hydrogens (tertiary/aromatic N) is 3. The number of hydrogen-bond acceptors (Lipinski definition) is 6. The number of sulfonamides is 1. The Morgan fingerprint density at radius 3 is 2.80 bits per heavy atom. The maximum Gasteiger partial charge on any atom is 0.347 e. The van der Waals surface area contributed by atoms with Gasteiger partial charge in [0.25, 0.3) is 0 Å². The predicted molar refractivity (Wildman–Crippen MR) is 71.0 cm³/mol. The summed E-state index contributed by atoms with van der Waals surface area (Å²) in [6.07, 6.45) is 1.45. The number of thiophene rings is 1. The second-order valence-corrected chi connectivity index (χ2v) is 6.62. The third-order valence-corrected chi connectivity index (χ3v) is 5.25. The van der Waals surface area contributed by atoms with Crippen molar-refractivity contribution in [2.75, 3.05) is 0 Å². The number of aromatic nitrogens is 3. The van der Waals surface area contributed by atoms with Crippen molar-refractivity contribution in [3.05, 3.63) is 28.0 Å². The van der Waals surface area contributed by atoms with Gasteiger partial charge in [-0.05, 0) is 17.9 Å². The van der Waals surface area contributed by atoms with Crippen LogP contribution in [0.4, 0.5) is 0 Å². The molecule has 2 N–H and O–H groups in total. The number of rotatable bonds is 5. The fourth-order valence-corrected chi connectivity index (χ4v) is 4.22. The van der Waals surface area contributed by atoms with Crippen LogP contribution in [0.25, 0.3) is 0 Å². The van der Waals surface area contributed by atoms with E-state index in [1.807, 2.05) is 0 Å². The molecule has 0 atom stereocenters. The molecule has 0 fully saturated rings. The number of carboxylic acid groups (broad SMARTS) is 1. The van der Waals surface area contributed by atoms with Crippen LogP contribution in [0.1, 0.15) is 21.1 Å². The van der Waals surface area contributed by atoms with E-state index in [0.717, 1.165) is 11.3 Å². The lowest BCUT2D eigenvalue weighted by Crippen LogP contribution is -2.25. The fraction of sp³-hybridized carbons (Fsp3) is 0.300. The van der Waals surface area contributed by atoms with Crippen LogP contribution < -0.4 is 4.72 Å². The quantitative estimate of drug-likeness (QED) is 0.823. The van der Waals surface area contributed by atoms with Crippen LogP contribution in [-0.2, 0) is 23.6 Å². The molecule has 108 valence electrons. The van der Waals surface area contributed by atoms with Crippen LogP contribution >= 0.6 is 11.3 Å². The van der Waals surface area contributed by atoms with Crippen molar-refractivity contribution in [1.29, 1.82) is 0 Å². The first-order chi connectivity index (χ1) is 9.31. The molecule has 0 aliphatic carbocycles. The first-order valence-corrected chi connectivity index (χ1v) is 7.83. The summed E-state index contributed by atoms with van der Waals surface area (Å²) in [4.78, 5) is 14.5. The molecular weight excluding hydrogens is 304 g/mol. The van der Waals surface area contributed by atoms with Crippen LogP contribution in [-0.4, -0.2) is 34.3 Å². The Labute approximate surface area is 119 Å². The molecule has 0 amide bonds. The number of carboxylic acids is 1. The largest absolute Gasteiger partial charge is 0.477 e. The van der Waals surface area contributed by atoms with Gasteiger partial charge < -0.3 is 5.11 Å². The Kier molecular flexibility index (Phi) is 3.88. The highest BCUT2D eigenvalue weighted by molar-refractivity contribution is 7.89. The molecule has 20 heavy (non-hydrogen) atoms. The molecule has 0 spiro atoms. The summed E-state index contributed by atoms with van der Waals surface area (Å²) in [5.74, 6) is -0.958. The van der Waals surface area contributed by atoms with Crippen molar-refractivity contribution in [2.24, 2.45) is 7.05 Å². The highest BCUT2D eigenvalue weighted by Gasteiger charge is 2.26. The number of aryl methyl sites for hydroxylation is 2. The number of nitrogens with one attached hydrogen (secondary N) is 1. The number of aromatic carboxylic acids is 1. The smallest absolute Gasteiger partial charge is 0.347 e. The third kappa shape index (κ3) is 2.86. The van der Waals surface area contributed by atoms with Crippen molar-refractivity contribution in [3.63, 3.8) is 0 Å². The van der Waals surface area contributed by atoms with Gasteiger partial charge in [0.15, 0.2) is 5.82 Å². The molecule has 0 aliphatic rings. The highest BCUT2D eigenvalue weighted by Crippen LogP contribution is 2.26. The minimum atomic E-state index is -3.92. The number of carbonyl (C=O) groups is 1. The lowest BCUT2D eigenvalue weighted by Gasteiger charge is -2.06. The zero-order chi connectivity index (χ0) is 14.9. The molecule has 0 unspecified atom stereocenters. The normalized spacial score (nSPS) is 11.7. The zero-order valence-electron chi connectivity index (χ0n) is 10.7. The lowest BCUT2D eigenvalue weighted by atomic mass is 10.3. The summed E-state index contributed by atoms with van der Waals surface area (Å²) in [5, 5.41) is 14.5. The molecule has 2 heterocycles. The Balaban J connectivity index is 2.27. The van der Waals surface area contributed by atoms with Gasteiger partial charge >= 0.3 is 5.97 Å². The molecule has 0 bridgehead atoms. The van der Waals surface area contributed by atoms with Gasteiger partial charge in [0.2, 0.25) is 10.0 Å². The van der Waals surface area contributed by atoms with E-state index < -0.39 is 16.0 Å². The summed E-state index contributed by atoms with van der Waals surface area (Å²) in [7, 11) is -2.26. The Bertz CT molecular complexity index is 747. The maximum atomic E-state index is 12.2. The van der Waals surface area contributed by atoms with Crippen molar-refractivity contribution in [1.82, 2.24) is 19.5 Å². The minimum absolute atomic E-state index is 0.0997. The average molecular weight is 316 g/mol. The van der Waals surface area contributed by atoms with Crippen molar-refractivity contribution in [3.8, 4) is 0 Å². The van der Waals surface area contributed by atoms with Gasteiger partial charge in [0.05, 0.1) is 6.54 Å². The molecular formula is C10H12N4O4S2. The molecule has 8 nitrogen and oxygen atoms in total. The molecule has 2 aromatic heterocycles. The van der Waals surface area contributed by atoms with E-state index in [0.29, 0.717) is 11.4 Å². The molecule has 10 heteroatoms. The first-order valence-electron chi connectivity index (χ1n) is 5.47. The van der Waals surface area contributed by atoms with E-state index in [1.54, 1.807) is 14.0 Å². The van der Waals surface area contributed by atoms with E-state index in [2.05, 4.69) is 14.8 Å². The summed E-state index contributed by atoms with van der Waals surface area (Å²) in [6.45, 7) is 1.45. The second-order valence-electron chi connectivity index (χ2n) is 4.04. The topological polar surface area (TPSA) is 114 Å². The average Bonchev–Trinajstić information content (AvgIpc) is 2.93. The molecule has 0 aliphatic heterocycles. The SMILES string of the molecule is Cc1csc(C(=O)O)c1S(=O)(=O)NCc1ncn(C)n1. The zero-order valence-corrected chi connectivity index (χ0v) is 12.3. The summed E-state index contributed by atoms with van der Waals surface area (Å²) in [6, 6.07) is 0. The Morgan fingerprint density at radius 2 is 2.25 bits per heavy atom. The van der Waals surface area contributed by atoms with E-state index >= 15 is 0 Å². The molecule has 0 saturated carbocycles. The lowest BCUT2D eigenvalue weighted by molar-refractivity contribution is 0.0698. The summed E-state index contributed by atoms with van der Waals surface area (Å²) in [5.41, 5.74) is 0.397. The van der Waals surface area contributed by atoms with Gasteiger partial charge in [-0.25, -0.2) is 22.9 Å². The van der Waals surface area contributed by atoms with Crippen LogP contribution in [0.3, 0.4) is 0 Å². The van der Waals surface area contributed by atoms with Crippen LogP contribution in [0.2, 0.25) is 0 Å². The van der Waals surface area contributed by atoms with Gasteiger partial charge in [-0.15, -0.1) is 11.3 Å². The molecule has 2 aromatic rings. The van der Waals surface area contributed by atoms with Crippen molar-refractivity contribution in [2.45, 2.75) is 18.4 Å². The fourth-order valence-electron chi connectivity index (χ4n) is 1.61. The minimum Gasteiger partial charge on any atom is -0.477 e. The van der Waals surface area contributed by atoms with Crippen LogP contribution in [0.15, 0.2) is 16.6 Å².